The summed E-state index contributed by atoms with van der Waals surface area (Å²) in [5.41, 5.74) is 0.0909. The molecule has 1 amide bonds. The lowest BCUT2D eigenvalue weighted by molar-refractivity contribution is -0.121. The smallest absolute Gasteiger partial charge is 0.237 e. The molecular formula is C37H33ClN4O8. The molecule has 2 aliphatic rings. The number of Topliss-reactive ketones (excluding diaryl/α,β-unsaturated/α-hetero) is 2. The van der Waals surface area contributed by atoms with Crippen molar-refractivity contribution in [3.05, 3.63) is 106 Å². The zero-order valence-electron chi connectivity index (χ0n) is 27.7. The van der Waals surface area contributed by atoms with E-state index in [1.165, 1.54) is 26.6 Å². The number of carbonyl (C=O) groups excluding carboxylic acids is 3. The Morgan fingerprint density at radius 1 is 1.02 bits per heavy atom. The molecule has 2 N–H and O–H groups in total. The molecule has 1 aliphatic carbocycles. The Morgan fingerprint density at radius 3 is 2.40 bits per heavy atom. The minimum atomic E-state index is -1.99. The average Bonchev–Trinajstić information content (AvgIpc) is 3.86. The van der Waals surface area contributed by atoms with Crippen LogP contribution in [-0.4, -0.2) is 59.6 Å². The van der Waals surface area contributed by atoms with Gasteiger partial charge in [-0.2, -0.15) is 5.10 Å². The Hall–Kier alpha value is -5.62. The van der Waals surface area contributed by atoms with Gasteiger partial charge in [-0.15, -0.1) is 0 Å². The van der Waals surface area contributed by atoms with Crippen molar-refractivity contribution in [2.75, 3.05) is 21.3 Å². The molecule has 13 heteroatoms. The van der Waals surface area contributed by atoms with Crippen molar-refractivity contribution in [2.24, 2.45) is 5.92 Å². The Balaban J connectivity index is 1.31. The molecule has 0 saturated heterocycles. The molecule has 5 aromatic rings. The zero-order valence-corrected chi connectivity index (χ0v) is 28.4. The highest BCUT2D eigenvalue weighted by Gasteiger charge is 2.63. The number of aromatic nitrogens is 3. The third-order valence-electron chi connectivity index (χ3n) is 9.32. The number of rotatable bonds is 10. The van der Waals surface area contributed by atoms with Crippen molar-refractivity contribution in [1.29, 1.82) is 0 Å². The molecule has 0 fully saturated rings. The molecule has 256 valence electrons. The second kappa shape index (κ2) is 13.0. The highest BCUT2D eigenvalue weighted by atomic mass is 35.5. The number of fused-ring (bicyclic) bond motifs is 2. The number of nitrogens with zero attached hydrogens (tertiary/aromatic N) is 2. The van der Waals surface area contributed by atoms with Gasteiger partial charge < -0.3 is 28.7 Å². The number of aromatic amines is 1. The highest BCUT2D eigenvalue weighted by Crippen LogP contribution is 2.54. The van der Waals surface area contributed by atoms with Gasteiger partial charge in [0.1, 0.15) is 51.5 Å². The lowest BCUT2D eigenvalue weighted by atomic mass is 9.70. The van der Waals surface area contributed by atoms with E-state index in [-0.39, 0.29) is 46.2 Å². The van der Waals surface area contributed by atoms with Crippen LogP contribution in [0.1, 0.15) is 56.4 Å². The number of ketones is 2. The first-order chi connectivity index (χ1) is 24.2. The maximum absolute atomic E-state index is 14.9. The fourth-order valence-electron chi connectivity index (χ4n) is 6.83. The SMILES string of the molecule is COc1ccc(-c2oc3c(c2CC(=O)NC(Cc2ccccc2)c2ncn[nH]2)C(=O)[C@@]2(Oc4c(Cl)c(OC)cc(OC)c4C2=O)[C@H](C)C3)cc1. The minimum Gasteiger partial charge on any atom is -0.497 e. The van der Waals surface area contributed by atoms with Crippen LogP contribution in [0.5, 0.6) is 23.0 Å². The summed E-state index contributed by atoms with van der Waals surface area (Å²) < 4.78 is 29.0. The molecule has 0 bridgehead atoms. The van der Waals surface area contributed by atoms with Gasteiger partial charge in [-0.1, -0.05) is 48.9 Å². The van der Waals surface area contributed by atoms with E-state index in [1.807, 2.05) is 30.3 Å². The summed E-state index contributed by atoms with van der Waals surface area (Å²) in [6.07, 6.45) is 1.72. The molecule has 1 unspecified atom stereocenters. The number of carbonyl (C=O) groups is 3. The summed E-state index contributed by atoms with van der Waals surface area (Å²) in [4.78, 5) is 47.6. The van der Waals surface area contributed by atoms with Gasteiger partial charge in [-0.3, -0.25) is 19.5 Å². The van der Waals surface area contributed by atoms with Crippen LogP contribution in [0, 0.1) is 5.92 Å². The molecule has 7 rings (SSSR count). The summed E-state index contributed by atoms with van der Waals surface area (Å²) in [6.45, 7) is 1.75. The Morgan fingerprint density at radius 2 is 1.74 bits per heavy atom. The molecule has 0 saturated carbocycles. The molecule has 3 heterocycles. The molecule has 0 radical (unpaired) electrons. The second-order valence-electron chi connectivity index (χ2n) is 12.2. The van der Waals surface area contributed by atoms with E-state index in [2.05, 4.69) is 20.5 Å². The summed E-state index contributed by atoms with van der Waals surface area (Å²) >= 11 is 6.64. The second-order valence-corrected chi connectivity index (χ2v) is 12.6. The quantitative estimate of drug-likeness (QED) is 0.172. The van der Waals surface area contributed by atoms with Gasteiger partial charge >= 0.3 is 0 Å². The predicted molar refractivity (Wildman–Crippen MR) is 181 cm³/mol. The standard InChI is InChI=1S/C37H33ClN4O8/c1-19-14-26-29(34(44)37(19)35(45)30-25(47-3)17-27(48-4)31(38)33(30)50-37)23(32(49-26)21-10-12-22(46-2)13-11-21)16-28(43)41-24(36-39-18-40-42-36)15-20-8-6-5-7-9-20/h5-13,17-19,24H,14-16H2,1-4H3,(H,41,43)(H,39,40,42)/t19-,24?,37+/m1/s1. The van der Waals surface area contributed by atoms with Crippen molar-refractivity contribution in [2.45, 2.75) is 37.8 Å². The monoisotopic (exact) mass is 696 g/mol. The third-order valence-corrected chi connectivity index (χ3v) is 9.68. The Kier molecular flexibility index (Phi) is 8.56. The van der Waals surface area contributed by atoms with Crippen LogP contribution < -0.4 is 24.3 Å². The number of hydrogen-bond donors (Lipinski definition) is 2. The molecule has 2 aromatic heterocycles. The van der Waals surface area contributed by atoms with E-state index in [0.29, 0.717) is 40.6 Å². The van der Waals surface area contributed by atoms with E-state index in [4.69, 9.17) is 35.0 Å². The van der Waals surface area contributed by atoms with Gasteiger partial charge in [-0.25, -0.2) is 4.98 Å². The van der Waals surface area contributed by atoms with Gasteiger partial charge in [0, 0.05) is 29.5 Å². The molecule has 1 aliphatic heterocycles. The van der Waals surface area contributed by atoms with Crippen LogP contribution in [0.4, 0.5) is 0 Å². The molecule has 3 aromatic carbocycles. The fraction of sp³-hybridized carbons (Fsp3) is 0.270. The zero-order chi connectivity index (χ0) is 35.2. The first-order valence-electron chi connectivity index (χ1n) is 15.9. The summed E-state index contributed by atoms with van der Waals surface area (Å²) in [7, 11) is 4.39. The minimum absolute atomic E-state index is 0.00509. The van der Waals surface area contributed by atoms with E-state index >= 15 is 0 Å². The average molecular weight is 697 g/mol. The molecule has 3 atom stereocenters. The summed E-state index contributed by atoms with van der Waals surface area (Å²) in [5, 5.41) is 9.94. The number of methoxy groups -OCH3 is 3. The number of benzene rings is 3. The van der Waals surface area contributed by atoms with Crippen LogP contribution in [0.15, 0.2) is 71.4 Å². The number of amides is 1. The predicted octanol–water partition coefficient (Wildman–Crippen LogP) is 5.78. The highest BCUT2D eigenvalue weighted by molar-refractivity contribution is 6.36. The first-order valence-corrected chi connectivity index (χ1v) is 16.3. The number of ether oxygens (including phenoxy) is 4. The van der Waals surface area contributed by atoms with Crippen molar-refractivity contribution >= 4 is 29.1 Å². The van der Waals surface area contributed by atoms with E-state index in [9.17, 15) is 14.4 Å². The number of halogens is 1. The Labute approximate surface area is 292 Å². The van der Waals surface area contributed by atoms with Crippen LogP contribution in [0.25, 0.3) is 11.3 Å². The number of nitrogens with one attached hydrogen (secondary N) is 2. The maximum atomic E-state index is 14.9. The summed E-state index contributed by atoms with van der Waals surface area (Å²) in [5.74, 6) is -0.145. The van der Waals surface area contributed by atoms with Crippen LogP contribution >= 0.6 is 11.6 Å². The topological polar surface area (TPSA) is 155 Å². The Bertz CT molecular complexity index is 2100. The van der Waals surface area contributed by atoms with E-state index in [0.717, 1.165) is 5.56 Å². The number of hydrogen-bond acceptors (Lipinski definition) is 10. The molecule has 12 nitrogen and oxygen atoms in total. The van der Waals surface area contributed by atoms with Gasteiger partial charge in [-0.05, 0) is 36.2 Å². The van der Waals surface area contributed by atoms with Gasteiger partial charge in [0.2, 0.25) is 23.1 Å². The van der Waals surface area contributed by atoms with Crippen molar-refractivity contribution in [3.63, 3.8) is 0 Å². The van der Waals surface area contributed by atoms with Crippen molar-refractivity contribution in [1.82, 2.24) is 20.5 Å². The van der Waals surface area contributed by atoms with Gasteiger partial charge in [0.05, 0.1) is 39.4 Å². The first kappa shape index (κ1) is 32.9. The normalized spacial score (nSPS) is 18.3. The van der Waals surface area contributed by atoms with E-state index in [1.54, 1.807) is 38.3 Å². The molecule has 1 spiro atoms. The largest absolute Gasteiger partial charge is 0.497 e. The molecule has 50 heavy (non-hydrogen) atoms. The summed E-state index contributed by atoms with van der Waals surface area (Å²) in [6, 6.07) is 17.7. The fourth-order valence-corrected chi connectivity index (χ4v) is 7.10. The van der Waals surface area contributed by atoms with E-state index < -0.39 is 35.0 Å². The number of H-pyrrole nitrogens is 1. The van der Waals surface area contributed by atoms with Gasteiger partial charge in [0.25, 0.3) is 0 Å². The van der Waals surface area contributed by atoms with Crippen LogP contribution in [0.2, 0.25) is 5.02 Å². The van der Waals surface area contributed by atoms with Gasteiger partial charge in [0.15, 0.2) is 5.75 Å². The third kappa shape index (κ3) is 5.36. The lowest BCUT2D eigenvalue weighted by Crippen LogP contribution is -2.56. The van der Waals surface area contributed by atoms with Crippen LogP contribution in [-0.2, 0) is 24.1 Å². The van der Waals surface area contributed by atoms with Crippen molar-refractivity contribution < 1.29 is 37.7 Å². The lowest BCUT2D eigenvalue weighted by Gasteiger charge is -2.35. The van der Waals surface area contributed by atoms with Crippen molar-refractivity contribution in [3.8, 4) is 34.3 Å². The molecular weight excluding hydrogens is 664 g/mol. The van der Waals surface area contributed by atoms with Crippen LogP contribution in [0.3, 0.4) is 0 Å². The maximum Gasteiger partial charge on any atom is 0.237 e. The number of furan rings is 1.